The number of halogens is 1. The van der Waals surface area contributed by atoms with Crippen molar-refractivity contribution in [3.63, 3.8) is 0 Å². The van der Waals surface area contributed by atoms with Gasteiger partial charge in [0, 0.05) is 17.7 Å². The predicted molar refractivity (Wildman–Crippen MR) is 87.0 cm³/mol. The summed E-state index contributed by atoms with van der Waals surface area (Å²) < 4.78 is 0. The van der Waals surface area contributed by atoms with E-state index < -0.39 is 0 Å². The van der Waals surface area contributed by atoms with E-state index in [-0.39, 0.29) is 12.5 Å². The Labute approximate surface area is 132 Å². The monoisotopic (exact) mass is 319 g/mol. The molecule has 21 heavy (non-hydrogen) atoms. The summed E-state index contributed by atoms with van der Waals surface area (Å²) in [6.07, 6.45) is 0.453. The molecule has 0 radical (unpaired) electrons. The molecule has 2 N–H and O–H groups in total. The van der Waals surface area contributed by atoms with Gasteiger partial charge in [-0.2, -0.15) is 0 Å². The minimum Gasteiger partial charge on any atom is -0.395 e. The molecule has 0 aliphatic rings. The largest absolute Gasteiger partial charge is 0.395 e. The summed E-state index contributed by atoms with van der Waals surface area (Å²) >= 11 is 7.26. The van der Waals surface area contributed by atoms with Crippen LogP contribution in [0.3, 0.4) is 0 Å². The van der Waals surface area contributed by atoms with Crippen molar-refractivity contribution in [2.45, 2.75) is 13.3 Å². The van der Waals surface area contributed by atoms with Crippen LogP contribution in [0.5, 0.6) is 0 Å². The van der Waals surface area contributed by atoms with Crippen LogP contribution in [0.25, 0.3) is 0 Å². The van der Waals surface area contributed by atoms with Gasteiger partial charge < -0.3 is 10.4 Å². The highest BCUT2D eigenvalue weighted by molar-refractivity contribution is 7.12. The highest BCUT2D eigenvalue weighted by Crippen LogP contribution is 2.24. The second kappa shape index (κ2) is 7.28. The van der Waals surface area contributed by atoms with Gasteiger partial charge in [-0.15, -0.1) is 11.3 Å². The SMILES string of the molecule is Cc1cc(C#CCCO)ccc1NC(=O)c1sccc1Cl. The van der Waals surface area contributed by atoms with E-state index in [9.17, 15) is 4.79 Å². The topological polar surface area (TPSA) is 49.3 Å². The van der Waals surface area contributed by atoms with E-state index in [1.807, 2.05) is 25.1 Å². The van der Waals surface area contributed by atoms with Crippen LogP contribution >= 0.6 is 22.9 Å². The third-order valence-electron chi connectivity index (χ3n) is 2.77. The number of rotatable bonds is 3. The van der Waals surface area contributed by atoms with E-state index in [0.717, 1.165) is 16.8 Å². The van der Waals surface area contributed by atoms with E-state index in [1.54, 1.807) is 11.4 Å². The molecule has 0 bridgehead atoms. The molecule has 0 aliphatic carbocycles. The van der Waals surface area contributed by atoms with Crippen LogP contribution in [0.4, 0.5) is 5.69 Å². The van der Waals surface area contributed by atoms with Crippen molar-refractivity contribution < 1.29 is 9.90 Å². The first-order valence-corrected chi connectivity index (χ1v) is 7.62. The minimum absolute atomic E-state index is 0.0572. The van der Waals surface area contributed by atoms with Crippen molar-refractivity contribution in [1.82, 2.24) is 0 Å². The number of hydrogen-bond donors (Lipinski definition) is 2. The maximum absolute atomic E-state index is 12.1. The molecule has 0 fully saturated rings. The van der Waals surface area contributed by atoms with Crippen molar-refractivity contribution in [3.8, 4) is 11.8 Å². The Bertz CT molecular complexity index is 713. The number of nitrogens with one attached hydrogen (secondary N) is 1. The molecule has 1 aromatic heterocycles. The van der Waals surface area contributed by atoms with Gasteiger partial charge in [0.25, 0.3) is 5.91 Å². The third-order valence-corrected chi connectivity index (χ3v) is 4.11. The second-order valence-electron chi connectivity index (χ2n) is 4.36. The highest BCUT2D eigenvalue weighted by atomic mass is 35.5. The van der Waals surface area contributed by atoms with E-state index >= 15 is 0 Å². The summed E-state index contributed by atoms with van der Waals surface area (Å²) in [6.45, 7) is 1.96. The average Bonchev–Trinajstić information content (AvgIpc) is 2.88. The summed E-state index contributed by atoms with van der Waals surface area (Å²) in [6, 6.07) is 7.25. The number of carbonyl (C=O) groups is 1. The zero-order chi connectivity index (χ0) is 15.2. The Kier molecular flexibility index (Phi) is 5.40. The predicted octanol–water partition coefficient (Wildman–Crippen LogP) is 3.70. The van der Waals surface area contributed by atoms with Gasteiger partial charge in [0.05, 0.1) is 11.6 Å². The Morgan fingerprint density at radius 3 is 2.86 bits per heavy atom. The lowest BCUT2D eigenvalue weighted by molar-refractivity contribution is 0.103. The van der Waals surface area contributed by atoms with E-state index in [2.05, 4.69) is 17.2 Å². The van der Waals surface area contributed by atoms with Crippen LogP contribution < -0.4 is 5.32 Å². The van der Waals surface area contributed by atoms with Crippen LogP contribution in [0, 0.1) is 18.8 Å². The van der Waals surface area contributed by atoms with Gasteiger partial charge in [-0.25, -0.2) is 0 Å². The molecule has 2 rings (SSSR count). The molecule has 0 spiro atoms. The van der Waals surface area contributed by atoms with Gasteiger partial charge in [0.1, 0.15) is 4.88 Å². The van der Waals surface area contributed by atoms with Gasteiger partial charge in [-0.05, 0) is 42.1 Å². The first kappa shape index (κ1) is 15.6. The smallest absolute Gasteiger partial charge is 0.267 e. The molecule has 0 aliphatic heterocycles. The van der Waals surface area contributed by atoms with Gasteiger partial charge in [-0.3, -0.25) is 4.79 Å². The molecular formula is C16H14ClNO2S. The Morgan fingerprint density at radius 1 is 1.43 bits per heavy atom. The molecule has 0 saturated heterocycles. The number of aryl methyl sites for hydroxylation is 1. The quantitative estimate of drug-likeness (QED) is 0.848. The highest BCUT2D eigenvalue weighted by Gasteiger charge is 2.12. The van der Waals surface area contributed by atoms with Crippen LogP contribution in [-0.4, -0.2) is 17.6 Å². The zero-order valence-electron chi connectivity index (χ0n) is 11.4. The van der Waals surface area contributed by atoms with Gasteiger partial charge >= 0.3 is 0 Å². The van der Waals surface area contributed by atoms with Crippen LogP contribution in [-0.2, 0) is 0 Å². The number of aliphatic hydroxyl groups is 1. The lowest BCUT2D eigenvalue weighted by Crippen LogP contribution is -2.11. The molecule has 3 nitrogen and oxygen atoms in total. The zero-order valence-corrected chi connectivity index (χ0v) is 13.0. The fourth-order valence-electron chi connectivity index (χ4n) is 1.74. The first-order chi connectivity index (χ1) is 10.1. The van der Waals surface area contributed by atoms with E-state index in [1.165, 1.54) is 11.3 Å². The molecule has 2 aromatic rings. The Morgan fingerprint density at radius 2 is 2.24 bits per heavy atom. The summed E-state index contributed by atoms with van der Waals surface area (Å²) in [5.74, 6) is 5.62. The van der Waals surface area contributed by atoms with Crippen molar-refractivity contribution in [2.75, 3.05) is 11.9 Å². The summed E-state index contributed by atoms with van der Waals surface area (Å²) in [4.78, 5) is 12.6. The molecule has 1 amide bonds. The lowest BCUT2D eigenvalue weighted by atomic mass is 10.1. The number of benzene rings is 1. The number of amides is 1. The molecule has 1 heterocycles. The van der Waals surface area contributed by atoms with Crippen LogP contribution in [0.2, 0.25) is 5.02 Å². The maximum Gasteiger partial charge on any atom is 0.267 e. The fourth-order valence-corrected chi connectivity index (χ4v) is 2.77. The fraction of sp³-hybridized carbons (Fsp3) is 0.188. The number of hydrogen-bond acceptors (Lipinski definition) is 3. The molecule has 0 unspecified atom stereocenters. The summed E-state index contributed by atoms with van der Waals surface area (Å²) in [5, 5.41) is 13.8. The summed E-state index contributed by atoms with van der Waals surface area (Å²) in [5.41, 5.74) is 2.51. The minimum atomic E-state index is -0.211. The second-order valence-corrected chi connectivity index (χ2v) is 5.68. The molecule has 0 saturated carbocycles. The van der Waals surface area contributed by atoms with E-state index in [0.29, 0.717) is 16.3 Å². The van der Waals surface area contributed by atoms with Crippen LogP contribution in [0.1, 0.15) is 27.2 Å². The van der Waals surface area contributed by atoms with Crippen molar-refractivity contribution >= 4 is 34.5 Å². The molecular weight excluding hydrogens is 306 g/mol. The standard InChI is InChI=1S/C16H14ClNO2S/c1-11-10-12(4-2-3-8-19)5-6-14(11)18-16(20)15-13(17)7-9-21-15/h5-7,9-10,19H,3,8H2,1H3,(H,18,20). The maximum atomic E-state index is 12.1. The number of thiophene rings is 1. The Hall–Kier alpha value is -1.80. The number of anilines is 1. The summed E-state index contributed by atoms with van der Waals surface area (Å²) in [7, 11) is 0. The molecule has 0 atom stereocenters. The Balaban J connectivity index is 2.13. The number of carbonyl (C=O) groups excluding carboxylic acids is 1. The lowest BCUT2D eigenvalue weighted by Gasteiger charge is -2.08. The van der Waals surface area contributed by atoms with Crippen molar-refractivity contribution in [3.05, 3.63) is 50.7 Å². The van der Waals surface area contributed by atoms with Gasteiger partial charge in [-0.1, -0.05) is 23.4 Å². The van der Waals surface area contributed by atoms with E-state index in [4.69, 9.17) is 16.7 Å². The van der Waals surface area contributed by atoms with Gasteiger partial charge in [0.2, 0.25) is 0 Å². The number of aliphatic hydroxyl groups excluding tert-OH is 1. The third kappa shape index (κ3) is 4.08. The van der Waals surface area contributed by atoms with Crippen molar-refractivity contribution in [2.24, 2.45) is 0 Å². The molecule has 1 aromatic carbocycles. The molecule has 5 heteroatoms. The first-order valence-electron chi connectivity index (χ1n) is 6.36. The van der Waals surface area contributed by atoms with Crippen molar-refractivity contribution in [1.29, 1.82) is 0 Å². The normalized spacial score (nSPS) is 9.86. The van der Waals surface area contributed by atoms with Gasteiger partial charge in [0.15, 0.2) is 0 Å². The molecule has 108 valence electrons. The van der Waals surface area contributed by atoms with Crippen LogP contribution in [0.15, 0.2) is 29.6 Å². The average molecular weight is 320 g/mol.